The van der Waals surface area contributed by atoms with Crippen molar-refractivity contribution in [3.63, 3.8) is 0 Å². The quantitative estimate of drug-likeness (QED) is 0.413. The first-order valence-electron chi connectivity index (χ1n) is 5.62. The average Bonchev–Trinajstić information content (AvgIpc) is 2.35. The second-order valence-electron chi connectivity index (χ2n) is 3.56. The standard InChI is InChI=1S/C11H11Cl5NO2PS/c1-2-18-20(21,17-4-3-11(15)16)19-10-6-8(13)7(12)5-9(10)14/h3,5-6H,2,4H2,1H3,(H,17,21). The Kier molecular flexibility index (Phi) is 8.65. The molecular formula is C11H11Cl5NO2PS. The van der Waals surface area contributed by atoms with Gasteiger partial charge in [-0.25, -0.2) is 5.09 Å². The van der Waals surface area contributed by atoms with E-state index in [1.165, 1.54) is 18.2 Å². The molecule has 0 bridgehead atoms. The van der Waals surface area contributed by atoms with Gasteiger partial charge in [0.2, 0.25) is 0 Å². The van der Waals surface area contributed by atoms with Gasteiger partial charge >= 0.3 is 6.64 Å². The van der Waals surface area contributed by atoms with Crippen molar-refractivity contribution in [2.24, 2.45) is 0 Å². The van der Waals surface area contributed by atoms with Crippen molar-refractivity contribution in [1.82, 2.24) is 5.09 Å². The van der Waals surface area contributed by atoms with Crippen molar-refractivity contribution >= 4 is 76.5 Å². The second-order valence-corrected chi connectivity index (χ2v) is 8.98. The fourth-order valence-electron chi connectivity index (χ4n) is 1.21. The van der Waals surface area contributed by atoms with Gasteiger partial charge in [-0.2, -0.15) is 0 Å². The molecule has 1 aromatic rings. The summed E-state index contributed by atoms with van der Waals surface area (Å²) < 4.78 is 11.3. The van der Waals surface area contributed by atoms with Crippen molar-refractivity contribution in [3.8, 4) is 5.75 Å². The SMILES string of the molecule is CCOP(=S)(NCC=C(Cl)Cl)Oc1cc(Cl)c(Cl)cc1Cl. The molecular weight excluding hydrogens is 418 g/mol. The van der Waals surface area contributed by atoms with E-state index in [1.54, 1.807) is 6.92 Å². The molecule has 118 valence electrons. The van der Waals surface area contributed by atoms with Gasteiger partial charge in [-0.3, -0.25) is 0 Å². The van der Waals surface area contributed by atoms with E-state index in [1.807, 2.05) is 0 Å². The molecule has 1 aromatic carbocycles. The van der Waals surface area contributed by atoms with Crippen LogP contribution in [0, 0.1) is 0 Å². The van der Waals surface area contributed by atoms with Crippen LogP contribution in [0.5, 0.6) is 5.75 Å². The lowest BCUT2D eigenvalue weighted by Gasteiger charge is -2.23. The Morgan fingerprint density at radius 3 is 2.43 bits per heavy atom. The third-order valence-electron chi connectivity index (χ3n) is 2.03. The highest BCUT2D eigenvalue weighted by molar-refractivity contribution is 8.09. The van der Waals surface area contributed by atoms with Gasteiger partial charge in [-0.1, -0.05) is 58.0 Å². The third kappa shape index (κ3) is 6.82. The smallest absolute Gasteiger partial charge is 0.313 e. The maximum absolute atomic E-state index is 6.06. The zero-order valence-corrected chi connectivity index (χ0v) is 16.2. The van der Waals surface area contributed by atoms with Crippen LogP contribution in [0.2, 0.25) is 15.1 Å². The zero-order valence-electron chi connectivity index (χ0n) is 10.7. The molecule has 0 aliphatic heterocycles. The van der Waals surface area contributed by atoms with Gasteiger partial charge in [-0.15, -0.1) is 0 Å². The van der Waals surface area contributed by atoms with Crippen LogP contribution in [-0.2, 0) is 16.3 Å². The van der Waals surface area contributed by atoms with E-state index < -0.39 is 6.64 Å². The monoisotopic (exact) mass is 427 g/mol. The maximum Gasteiger partial charge on any atom is 0.313 e. The van der Waals surface area contributed by atoms with Crippen LogP contribution in [0.25, 0.3) is 0 Å². The first-order chi connectivity index (χ1) is 9.77. The van der Waals surface area contributed by atoms with E-state index in [-0.39, 0.29) is 15.3 Å². The van der Waals surface area contributed by atoms with E-state index in [0.29, 0.717) is 23.2 Å². The number of nitrogens with one attached hydrogen (secondary N) is 1. The summed E-state index contributed by atoms with van der Waals surface area (Å²) in [4.78, 5) is 0. The Morgan fingerprint density at radius 2 is 1.86 bits per heavy atom. The molecule has 0 spiro atoms. The van der Waals surface area contributed by atoms with Crippen LogP contribution in [0.4, 0.5) is 0 Å². The van der Waals surface area contributed by atoms with E-state index >= 15 is 0 Å². The number of benzene rings is 1. The van der Waals surface area contributed by atoms with Crippen LogP contribution >= 0.6 is 64.6 Å². The van der Waals surface area contributed by atoms with Gasteiger partial charge in [0, 0.05) is 12.6 Å². The molecule has 1 rings (SSSR count). The molecule has 0 aliphatic carbocycles. The highest BCUT2D eigenvalue weighted by Gasteiger charge is 2.21. The van der Waals surface area contributed by atoms with Gasteiger partial charge in [-0.05, 0) is 30.9 Å². The first-order valence-corrected chi connectivity index (χ1v) is 10.1. The molecule has 10 heteroatoms. The fraction of sp³-hybridized carbons (Fsp3) is 0.273. The van der Waals surface area contributed by atoms with Crippen LogP contribution in [0.3, 0.4) is 0 Å². The topological polar surface area (TPSA) is 30.5 Å². The van der Waals surface area contributed by atoms with Crippen molar-refractivity contribution in [1.29, 1.82) is 0 Å². The molecule has 1 N–H and O–H groups in total. The zero-order chi connectivity index (χ0) is 16.0. The highest BCUT2D eigenvalue weighted by atomic mass is 35.5. The van der Waals surface area contributed by atoms with Crippen LogP contribution in [0.15, 0.2) is 22.7 Å². The Morgan fingerprint density at radius 1 is 1.24 bits per heavy atom. The molecule has 0 heterocycles. The minimum Gasteiger partial charge on any atom is -0.431 e. The summed E-state index contributed by atoms with van der Waals surface area (Å²) in [5.74, 6) is 0.288. The minimum absolute atomic E-state index is 0.119. The maximum atomic E-state index is 6.06. The largest absolute Gasteiger partial charge is 0.431 e. The molecule has 1 atom stereocenters. The summed E-state index contributed by atoms with van der Waals surface area (Å²) in [5, 5.41) is 3.85. The Balaban J connectivity index is 2.94. The Labute approximate surface area is 153 Å². The molecule has 0 fully saturated rings. The summed E-state index contributed by atoms with van der Waals surface area (Å²) in [6, 6.07) is 2.96. The lowest BCUT2D eigenvalue weighted by atomic mass is 10.3. The van der Waals surface area contributed by atoms with E-state index in [0.717, 1.165) is 0 Å². The molecule has 0 aromatic heterocycles. The highest BCUT2D eigenvalue weighted by Crippen LogP contribution is 2.47. The predicted molar refractivity (Wildman–Crippen MR) is 95.8 cm³/mol. The summed E-state index contributed by atoms with van der Waals surface area (Å²) >= 11 is 34.3. The molecule has 1 unspecified atom stereocenters. The lowest BCUT2D eigenvalue weighted by Crippen LogP contribution is -2.16. The van der Waals surface area contributed by atoms with Crippen molar-refractivity contribution < 1.29 is 9.05 Å². The second kappa shape index (κ2) is 9.17. The van der Waals surface area contributed by atoms with E-state index in [4.69, 9.17) is 78.9 Å². The molecule has 0 aliphatic rings. The number of halogens is 5. The summed E-state index contributed by atoms with van der Waals surface area (Å²) in [7, 11) is 0. The van der Waals surface area contributed by atoms with Gasteiger partial charge < -0.3 is 9.05 Å². The van der Waals surface area contributed by atoms with Crippen LogP contribution in [-0.4, -0.2) is 13.2 Å². The number of hydrogen-bond acceptors (Lipinski definition) is 3. The van der Waals surface area contributed by atoms with Crippen molar-refractivity contribution in [2.45, 2.75) is 6.92 Å². The number of rotatable bonds is 7. The lowest BCUT2D eigenvalue weighted by molar-refractivity contribution is 0.324. The molecule has 0 saturated carbocycles. The molecule has 0 saturated heterocycles. The third-order valence-corrected chi connectivity index (χ3v) is 5.89. The molecule has 21 heavy (non-hydrogen) atoms. The van der Waals surface area contributed by atoms with Gasteiger partial charge in [0.15, 0.2) is 0 Å². The van der Waals surface area contributed by atoms with Crippen LogP contribution < -0.4 is 9.61 Å². The molecule has 0 amide bonds. The summed E-state index contributed by atoms with van der Waals surface area (Å²) in [6.45, 7) is -0.373. The Bertz CT molecular complexity index is 580. The van der Waals surface area contributed by atoms with Crippen LogP contribution in [0.1, 0.15) is 6.92 Å². The van der Waals surface area contributed by atoms with E-state index in [2.05, 4.69) is 5.09 Å². The minimum atomic E-state index is -2.82. The van der Waals surface area contributed by atoms with Crippen molar-refractivity contribution in [3.05, 3.63) is 37.8 Å². The Hall–Kier alpha value is 0.780. The average molecular weight is 430 g/mol. The summed E-state index contributed by atoms with van der Waals surface area (Å²) in [6.07, 6.45) is 1.53. The number of hydrogen-bond donors (Lipinski definition) is 1. The van der Waals surface area contributed by atoms with Crippen molar-refractivity contribution in [2.75, 3.05) is 13.2 Å². The normalized spacial score (nSPS) is 13.6. The van der Waals surface area contributed by atoms with Gasteiger partial charge in [0.25, 0.3) is 0 Å². The van der Waals surface area contributed by atoms with Gasteiger partial charge in [0.1, 0.15) is 10.2 Å². The predicted octanol–water partition coefficient (Wildman–Crippen LogP) is 6.20. The fourth-order valence-corrected chi connectivity index (χ4v) is 4.05. The van der Waals surface area contributed by atoms with E-state index in [9.17, 15) is 0 Å². The first kappa shape index (κ1) is 19.8. The van der Waals surface area contributed by atoms with Gasteiger partial charge in [0.05, 0.1) is 21.7 Å². The molecule has 0 radical (unpaired) electrons. The molecule has 3 nitrogen and oxygen atoms in total. The summed E-state index contributed by atoms with van der Waals surface area (Å²) in [5.41, 5.74) is 0.